The van der Waals surface area contributed by atoms with Crippen molar-refractivity contribution in [2.45, 2.75) is 57.9 Å². The molecule has 0 spiro atoms. The second kappa shape index (κ2) is 5.06. The van der Waals surface area contributed by atoms with Crippen molar-refractivity contribution in [2.75, 3.05) is 7.11 Å². The molecule has 0 aliphatic heterocycles. The highest BCUT2D eigenvalue weighted by Gasteiger charge is 2.43. The summed E-state index contributed by atoms with van der Waals surface area (Å²) in [6, 6.07) is 4.23. The highest BCUT2D eigenvalue weighted by Crippen LogP contribution is 2.51. The van der Waals surface area contributed by atoms with E-state index >= 15 is 0 Å². The molecule has 3 nitrogen and oxygen atoms in total. The minimum absolute atomic E-state index is 0.0103. The van der Waals surface area contributed by atoms with Crippen molar-refractivity contribution in [3.05, 3.63) is 28.8 Å². The quantitative estimate of drug-likeness (QED) is 0.616. The fourth-order valence-electron chi connectivity index (χ4n) is 3.08. The third kappa shape index (κ3) is 2.27. The Balaban J connectivity index is 2.72. The Morgan fingerprint density at radius 2 is 1.95 bits per heavy atom. The normalized spacial score (nSPS) is 17.1. The number of aliphatic imine (C=N–C) groups is 1. The first-order valence-electron chi connectivity index (χ1n) is 7.13. The predicted octanol–water partition coefficient (Wildman–Crippen LogP) is 4.02. The Morgan fingerprint density at radius 1 is 1.30 bits per heavy atom. The lowest BCUT2D eigenvalue weighted by molar-refractivity contribution is 0.243. The molecule has 1 aliphatic carbocycles. The van der Waals surface area contributed by atoms with Crippen molar-refractivity contribution in [3.63, 3.8) is 0 Å². The van der Waals surface area contributed by atoms with Gasteiger partial charge in [-0.1, -0.05) is 32.9 Å². The van der Waals surface area contributed by atoms with E-state index in [1.54, 1.807) is 13.2 Å². The first kappa shape index (κ1) is 14.8. The smallest absolute Gasteiger partial charge is 0.235 e. The molecule has 3 heteroatoms. The van der Waals surface area contributed by atoms with Crippen LogP contribution < -0.4 is 4.74 Å². The summed E-state index contributed by atoms with van der Waals surface area (Å²) in [6.45, 7) is 8.56. The van der Waals surface area contributed by atoms with Crippen LogP contribution in [-0.4, -0.2) is 13.2 Å². The zero-order valence-corrected chi connectivity index (χ0v) is 13.0. The number of hydrogen-bond acceptors (Lipinski definition) is 3. The van der Waals surface area contributed by atoms with E-state index in [4.69, 9.17) is 4.74 Å². The van der Waals surface area contributed by atoms with E-state index in [-0.39, 0.29) is 5.41 Å². The van der Waals surface area contributed by atoms with Gasteiger partial charge in [0.15, 0.2) is 0 Å². The van der Waals surface area contributed by atoms with Gasteiger partial charge in [0.25, 0.3) is 0 Å². The van der Waals surface area contributed by atoms with Crippen molar-refractivity contribution in [2.24, 2.45) is 4.99 Å². The molecule has 0 radical (unpaired) electrons. The standard InChI is InChI=1S/C17H23NO2/c1-12-7-8-13(16(2,3)4)15(20-5)14(12)17(18-11-19)9-6-10-17/h7-8H,6,9-10H2,1-5H3. The molecule has 20 heavy (non-hydrogen) atoms. The van der Waals surface area contributed by atoms with Gasteiger partial charge in [-0.15, -0.1) is 0 Å². The molecule has 0 aromatic heterocycles. The highest BCUT2D eigenvalue weighted by molar-refractivity contribution is 5.54. The van der Waals surface area contributed by atoms with Gasteiger partial charge >= 0.3 is 0 Å². The molecule has 1 fully saturated rings. The lowest BCUT2D eigenvalue weighted by Gasteiger charge is -2.40. The van der Waals surface area contributed by atoms with Gasteiger partial charge in [0.2, 0.25) is 6.08 Å². The molecular weight excluding hydrogens is 250 g/mol. The van der Waals surface area contributed by atoms with Crippen LogP contribution in [0.4, 0.5) is 0 Å². The van der Waals surface area contributed by atoms with Crippen LogP contribution in [0.5, 0.6) is 5.75 Å². The van der Waals surface area contributed by atoms with Crippen LogP contribution in [0.3, 0.4) is 0 Å². The van der Waals surface area contributed by atoms with Crippen molar-refractivity contribution < 1.29 is 9.53 Å². The number of aryl methyl sites for hydroxylation is 1. The molecule has 0 amide bonds. The average molecular weight is 273 g/mol. The zero-order valence-electron chi connectivity index (χ0n) is 13.0. The third-order valence-corrected chi connectivity index (χ3v) is 4.28. The Hall–Kier alpha value is -1.60. The summed E-state index contributed by atoms with van der Waals surface area (Å²) in [5.74, 6) is 0.885. The van der Waals surface area contributed by atoms with Crippen molar-refractivity contribution >= 4 is 6.08 Å². The number of methoxy groups -OCH3 is 1. The number of nitrogens with zero attached hydrogens (tertiary/aromatic N) is 1. The molecular formula is C17H23NO2. The molecule has 0 N–H and O–H groups in total. The number of ether oxygens (including phenoxy) is 1. The number of benzene rings is 1. The highest BCUT2D eigenvalue weighted by atomic mass is 16.5. The summed E-state index contributed by atoms with van der Waals surface area (Å²) in [7, 11) is 1.70. The van der Waals surface area contributed by atoms with Crippen LogP contribution in [0, 0.1) is 6.92 Å². The molecule has 1 aromatic rings. The molecule has 0 saturated heterocycles. The lowest BCUT2D eigenvalue weighted by atomic mass is 9.69. The SMILES string of the molecule is COc1c(C(C)(C)C)ccc(C)c1C1(N=C=O)CCC1. The monoisotopic (exact) mass is 273 g/mol. The van der Waals surface area contributed by atoms with Crippen LogP contribution in [0.1, 0.15) is 56.7 Å². The average Bonchev–Trinajstić information content (AvgIpc) is 2.32. The Bertz CT molecular complexity index is 559. The van der Waals surface area contributed by atoms with Gasteiger partial charge in [-0.2, -0.15) is 4.99 Å². The number of isocyanates is 1. The summed E-state index contributed by atoms with van der Waals surface area (Å²) in [4.78, 5) is 15.0. The maximum atomic E-state index is 10.8. The van der Waals surface area contributed by atoms with Crippen molar-refractivity contribution in [1.82, 2.24) is 0 Å². The van der Waals surface area contributed by atoms with Gasteiger partial charge in [-0.3, -0.25) is 0 Å². The fourth-order valence-corrected chi connectivity index (χ4v) is 3.08. The summed E-state index contributed by atoms with van der Waals surface area (Å²) >= 11 is 0. The summed E-state index contributed by atoms with van der Waals surface area (Å²) in [6.07, 6.45) is 4.65. The van der Waals surface area contributed by atoms with E-state index in [1.807, 2.05) is 0 Å². The van der Waals surface area contributed by atoms with E-state index in [0.717, 1.165) is 41.7 Å². The maximum Gasteiger partial charge on any atom is 0.235 e. The number of hydrogen-bond donors (Lipinski definition) is 0. The summed E-state index contributed by atoms with van der Waals surface area (Å²) in [5, 5.41) is 0. The summed E-state index contributed by atoms with van der Waals surface area (Å²) < 4.78 is 5.72. The number of carbonyl (C=O) groups excluding carboxylic acids is 1. The minimum atomic E-state index is -0.418. The molecule has 108 valence electrons. The molecule has 0 bridgehead atoms. The maximum absolute atomic E-state index is 10.8. The van der Waals surface area contributed by atoms with Gasteiger partial charge in [-0.05, 0) is 42.7 Å². The van der Waals surface area contributed by atoms with Crippen LogP contribution in [0.15, 0.2) is 17.1 Å². The Labute approximate surface area is 121 Å². The molecule has 0 atom stereocenters. The predicted molar refractivity (Wildman–Crippen MR) is 80.1 cm³/mol. The van der Waals surface area contributed by atoms with E-state index in [9.17, 15) is 4.79 Å². The first-order valence-corrected chi connectivity index (χ1v) is 7.13. The van der Waals surface area contributed by atoms with Crippen molar-refractivity contribution in [3.8, 4) is 5.75 Å². The number of rotatable bonds is 3. The van der Waals surface area contributed by atoms with Gasteiger partial charge < -0.3 is 4.74 Å². The van der Waals surface area contributed by atoms with Crippen LogP contribution in [0.2, 0.25) is 0 Å². The Morgan fingerprint density at radius 3 is 2.35 bits per heavy atom. The second-order valence-corrected chi connectivity index (χ2v) is 6.68. The van der Waals surface area contributed by atoms with E-state index in [0.29, 0.717) is 0 Å². The van der Waals surface area contributed by atoms with Crippen LogP contribution >= 0.6 is 0 Å². The topological polar surface area (TPSA) is 38.7 Å². The van der Waals surface area contributed by atoms with Gasteiger partial charge in [0, 0.05) is 5.56 Å². The van der Waals surface area contributed by atoms with E-state index < -0.39 is 5.54 Å². The second-order valence-electron chi connectivity index (χ2n) is 6.68. The van der Waals surface area contributed by atoms with Crippen molar-refractivity contribution in [1.29, 1.82) is 0 Å². The van der Waals surface area contributed by atoms with Gasteiger partial charge in [0.1, 0.15) is 11.3 Å². The fraction of sp³-hybridized carbons (Fsp3) is 0.588. The zero-order chi connectivity index (χ0) is 15.0. The summed E-state index contributed by atoms with van der Waals surface area (Å²) in [5.41, 5.74) is 2.94. The molecule has 1 aliphatic rings. The molecule has 1 saturated carbocycles. The van der Waals surface area contributed by atoms with Gasteiger partial charge in [-0.25, -0.2) is 4.79 Å². The van der Waals surface area contributed by atoms with E-state index in [1.165, 1.54) is 0 Å². The molecule has 2 rings (SSSR count). The Kier molecular flexibility index (Phi) is 3.75. The van der Waals surface area contributed by atoms with Gasteiger partial charge in [0.05, 0.1) is 7.11 Å². The minimum Gasteiger partial charge on any atom is -0.496 e. The first-order chi connectivity index (χ1) is 9.35. The molecule has 1 aromatic carbocycles. The van der Waals surface area contributed by atoms with Crippen LogP contribution in [0.25, 0.3) is 0 Å². The third-order valence-electron chi connectivity index (χ3n) is 4.28. The lowest BCUT2D eigenvalue weighted by Crippen LogP contribution is -2.34. The molecule has 0 unspecified atom stereocenters. The van der Waals surface area contributed by atoms with E-state index in [2.05, 4.69) is 44.8 Å². The largest absolute Gasteiger partial charge is 0.496 e. The molecule has 0 heterocycles. The van der Waals surface area contributed by atoms with Crippen LogP contribution in [-0.2, 0) is 15.7 Å².